The van der Waals surface area contributed by atoms with E-state index in [-0.39, 0.29) is 4.90 Å². The van der Waals surface area contributed by atoms with Gasteiger partial charge in [-0.15, -0.1) is 0 Å². The summed E-state index contributed by atoms with van der Waals surface area (Å²) in [7, 11) is -2.28. The van der Waals surface area contributed by atoms with Crippen LogP contribution in [0.2, 0.25) is 0 Å². The first-order chi connectivity index (χ1) is 16.3. The normalized spacial score (nSPS) is 15.1. The van der Waals surface area contributed by atoms with Crippen LogP contribution in [0.25, 0.3) is 10.4 Å². The van der Waals surface area contributed by atoms with Gasteiger partial charge in [-0.3, -0.25) is 4.72 Å². The molecule has 182 valence electrons. The van der Waals surface area contributed by atoms with E-state index in [0.717, 1.165) is 26.8 Å². The van der Waals surface area contributed by atoms with Crippen molar-refractivity contribution in [1.29, 1.82) is 0 Å². The molecule has 0 saturated heterocycles. The molecule has 1 saturated carbocycles. The number of nitrogens with one attached hydrogen (secondary N) is 2. The third kappa shape index (κ3) is 5.52. The molecule has 1 aromatic carbocycles. The Morgan fingerprint density at radius 1 is 1.03 bits per heavy atom. The van der Waals surface area contributed by atoms with Crippen molar-refractivity contribution in [3.05, 3.63) is 47.3 Å². The quantitative estimate of drug-likeness (QED) is 0.382. The van der Waals surface area contributed by atoms with Gasteiger partial charge in [-0.2, -0.15) is 0 Å². The Balaban J connectivity index is 1.60. The van der Waals surface area contributed by atoms with Gasteiger partial charge in [0.2, 0.25) is 5.88 Å². The standard InChI is InChI=1S/C25H32N4O3S2/c1-16-11-12-19(24-18(3)27-25(33-24)28-20-9-7-5-6-8-10-20)14-22(16)34(30,31)29-21-15-26-23(32-4)13-17(21)2/h11-15,20,29H,5-10H2,1-4H3,(H,27,28). The van der Waals surface area contributed by atoms with Gasteiger partial charge in [-0.05, 0) is 56.4 Å². The van der Waals surface area contributed by atoms with E-state index in [9.17, 15) is 8.42 Å². The highest BCUT2D eigenvalue weighted by molar-refractivity contribution is 7.92. The molecule has 2 N–H and O–H groups in total. The molecule has 0 unspecified atom stereocenters. The summed E-state index contributed by atoms with van der Waals surface area (Å²) in [4.78, 5) is 10.1. The Labute approximate surface area is 206 Å². The zero-order valence-electron chi connectivity index (χ0n) is 20.1. The van der Waals surface area contributed by atoms with Gasteiger partial charge in [0.1, 0.15) is 0 Å². The molecule has 0 aliphatic heterocycles. The predicted molar refractivity (Wildman–Crippen MR) is 138 cm³/mol. The molecule has 0 spiro atoms. The van der Waals surface area contributed by atoms with Crippen molar-refractivity contribution in [2.24, 2.45) is 0 Å². The van der Waals surface area contributed by atoms with E-state index in [0.29, 0.717) is 23.2 Å². The second-order valence-corrected chi connectivity index (χ2v) is 11.5. The Morgan fingerprint density at radius 3 is 2.44 bits per heavy atom. The number of nitrogens with zero attached hydrogens (tertiary/aromatic N) is 2. The first kappa shape index (κ1) is 24.5. The topological polar surface area (TPSA) is 93.2 Å². The smallest absolute Gasteiger partial charge is 0.262 e. The van der Waals surface area contributed by atoms with E-state index in [1.165, 1.54) is 51.8 Å². The monoisotopic (exact) mass is 500 g/mol. The minimum absolute atomic E-state index is 0.242. The summed E-state index contributed by atoms with van der Waals surface area (Å²) in [6.45, 7) is 5.59. The largest absolute Gasteiger partial charge is 0.481 e. The number of aryl methyl sites for hydroxylation is 3. The predicted octanol–water partition coefficient (Wildman–Crippen LogP) is 6.07. The lowest BCUT2D eigenvalue weighted by molar-refractivity contribution is 0.397. The zero-order valence-corrected chi connectivity index (χ0v) is 21.8. The molecule has 34 heavy (non-hydrogen) atoms. The molecule has 9 heteroatoms. The average molecular weight is 501 g/mol. The minimum atomic E-state index is -3.81. The Kier molecular flexibility index (Phi) is 7.42. The molecule has 0 bridgehead atoms. The van der Waals surface area contributed by atoms with Gasteiger partial charge < -0.3 is 10.1 Å². The number of hydrogen-bond acceptors (Lipinski definition) is 7. The molecule has 3 aromatic rings. The van der Waals surface area contributed by atoms with Crippen LogP contribution in [0.5, 0.6) is 5.88 Å². The lowest BCUT2D eigenvalue weighted by Gasteiger charge is -2.15. The fraction of sp³-hybridized carbons (Fsp3) is 0.440. The second-order valence-electron chi connectivity index (χ2n) is 8.89. The molecule has 0 amide bonds. The Morgan fingerprint density at radius 2 is 1.76 bits per heavy atom. The number of ether oxygens (including phenoxy) is 1. The van der Waals surface area contributed by atoms with E-state index in [1.54, 1.807) is 30.4 Å². The van der Waals surface area contributed by atoms with E-state index < -0.39 is 10.0 Å². The van der Waals surface area contributed by atoms with E-state index in [1.807, 2.05) is 26.0 Å². The van der Waals surface area contributed by atoms with Gasteiger partial charge in [0, 0.05) is 12.1 Å². The third-order valence-electron chi connectivity index (χ3n) is 6.26. The van der Waals surface area contributed by atoms with E-state index >= 15 is 0 Å². The molecular weight excluding hydrogens is 468 g/mol. The van der Waals surface area contributed by atoms with Crippen LogP contribution in [0, 0.1) is 20.8 Å². The van der Waals surface area contributed by atoms with Gasteiger partial charge in [0.05, 0.1) is 34.5 Å². The second kappa shape index (κ2) is 10.3. The fourth-order valence-corrected chi connectivity index (χ4v) is 6.73. The molecule has 2 aromatic heterocycles. The minimum Gasteiger partial charge on any atom is -0.481 e. The fourth-order valence-electron chi connectivity index (χ4n) is 4.30. The number of aromatic nitrogens is 2. The maximum absolute atomic E-state index is 13.3. The van der Waals surface area contributed by atoms with Crippen molar-refractivity contribution in [2.45, 2.75) is 70.2 Å². The molecular formula is C25H32N4O3S2. The van der Waals surface area contributed by atoms with Crippen LogP contribution >= 0.6 is 11.3 Å². The SMILES string of the molecule is COc1cc(C)c(NS(=O)(=O)c2cc(-c3sc(NC4CCCCCC4)nc3C)ccc2C)cn1. The van der Waals surface area contributed by atoms with E-state index in [4.69, 9.17) is 9.72 Å². The van der Waals surface area contributed by atoms with Crippen LogP contribution in [0.3, 0.4) is 0 Å². The molecule has 0 radical (unpaired) electrons. The van der Waals surface area contributed by atoms with Crippen LogP contribution in [0.15, 0.2) is 35.4 Å². The summed E-state index contributed by atoms with van der Waals surface area (Å²) in [5.74, 6) is 0.438. The Bertz CT molecular complexity index is 1260. The summed E-state index contributed by atoms with van der Waals surface area (Å²) in [5.41, 5.74) is 3.58. The number of methoxy groups -OCH3 is 1. The third-order valence-corrected chi connectivity index (χ3v) is 8.90. The van der Waals surface area contributed by atoms with Crippen molar-refractivity contribution in [1.82, 2.24) is 9.97 Å². The van der Waals surface area contributed by atoms with Crippen molar-refractivity contribution < 1.29 is 13.2 Å². The van der Waals surface area contributed by atoms with Crippen molar-refractivity contribution in [2.75, 3.05) is 17.1 Å². The summed E-state index contributed by atoms with van der Waals surface area (Å²) in [6, 6.07) is 7.70. The zero-order chi connectivity index (χ0) is 24.3. The molecule has 1 aliphatic rings. The molecule has 1 aliphatic carbocycles. The number of rotatable bonds is 7. The van der Waals surface area contributed by atoms with Crippen LogP contribution in [0.1, 0.15) is 55.3 Å². The summed E-state index contributed by atoms with van der Waals surface area (Å²) in [5, 5.41) is 4.52. The number of thiazole rings is 1. The number of sulfonamides is 1. The van der Waals surface area contributed by atoms with Gasteiger partial charge >= 0.3 is 0 Å². The Hall–Kier alpha value is -2.65. The maximum atomic E-state index is 13.3. The summed E-state index contributed by atoms with van der Waals surface area (Å²) in [6.07, 6.45) is 8.94. The molecule has 4 rings (SSSR count). The van der Waals surface area contributed by atoms with Crippen molar-refractivity contribution >= 4 is 32.2 Å². The van der Waals surface area contributed by atoms with Crippen LogP contribution in [-0.2, 0) is 10.0 Å². The highest BCUT2D eigenvalue weighted by Gasteiger charge is 2.21. The summed E-state index contributed by atoms with van der Waals surface area (Å²) < 4.78 is 34.4. The first-order valence-electron chi connectivity index (χ1n) is 11.7. The maximum Gasteiger partial charge on any atom is 0.262 e. The van der Waals surface area contributed by atoms with Gasteiger partial charge in [-0.1, -0.05) is 49.2 Å². The number of benzene rings is 1. The highest BCUT2D eigenvalue weighted by atomic mass is 32.2. The first-order valence-corrected chi connectivity index (χ1v) is 14.0. The van der Waals surface area contributed by atoms with Crippen molar-refractivity contribution in [3.8, 4) is 16.3 Å². The number of pyridine rings is 1. The van der Waals surface area contributed by atoms with Crippen LogP contribution < -0.4 is 14.8 Å². The number of hydrogen-bond donors (Lipinski definition) is 2. The van der Waals surface area contributed by atoms with Gasteiger partial charge in [-0.25, -0.2) is 18.4 Å². The van der Waals surface area contributed by atoms with Gasteiger partial charge in [0.15, 0.2) is 5.13 Å². The highest BCUT2D eigenvalue weighted by Crippen LogP contribution is 2.36. The van der Waals surface area contributed by atoms with Crippen LogP contribution in [0.4, 0.5) is 10.8 Å². The van der Waals surface area contributed by atoms with E-state index in [2.05, 4.69) is 15.0 Å². The van der Waals surface area contributed by atoms with Gasteiger partial charge in [0.25, 0.3) is 10.0 Å². The lowest BCUT2D eigenvalue weighted by atomic mass is 10.1. The summed E-state index contributed by atoms with van der Waals surface area (Å²) >= 11 is 1.59. The molecule has 7 nitrogen and oxygen atoms in total. The van der Waals surface area contributed by atoms with Crippen LogP contribution in [-0.4, -0.2) is 31.5 Å². The average Bonchev–Trinajstić information content (AvgIpc) is 2.98. The lowest BCUT2D eigenvalue weighted by Crippen LogP contribution is -2.17. The molecule has 0 atom stereocenters. The molecule has 1 fully saturated rings. The molecule has 2 heterocycles. The number of anilines is 2. The van der Waals surface area contributed by atoms with Crippen molar-refractivity contribution in [3.63, 3.8) is 0 Å².